The number of unbranched alkanes of at least 4 members (excludes halogenated alkanes) is 9. The topological polar surface area (TPSA) is 18.5 Å². The van der Waals surface area contributed by atoms with E-state index in [0.717, 1.165) is 12.2 Å². The number of hydrogen-bond donors (Lipinski definition) is 0. The first-order valence-electron chi connectivity index (χ1n) is 10.3. The van der Waals surface area contributed by atoms with Crippen LogP contribution in [0.3, 0.4) is 0 Å². The Hall–Kier alpha value is -0.960. The van der Waals surface area contributed by atoms with Gasteiger partial charge < -0.3 is 4.89 Å². The Morgan fingerprint density at radius 3 is 2.00 bits per heavy atom. The van der Waals surface area contributed by atoms with E-state index in [1.165, 1.54) is 69.8 Å². The number of rotatable bonds is 14. The summed E-state index contributed by atoms with van der Waals surface area (Å²) in [5.41, 5.74) is 1.21. The molecule has 0 N–H and O–H groups in total. The monoisotopic (exact) mass is 376 g/mol. The first-order valence-corrected chi connectivity index (χ1v) is 10.3. The fourth-order valence-electron chi connectivity index (χ4n) is 3.11. The second-order valence-electron chi connectivity index (χ2n) is 6.93. The zero-order chi connectivity index (χ0) is 18.3. The van der Waals surface area contributed by atoms with Gasteiger partial charge in [-0.25, -0.2) is 0 Å². The molecule has 0 spiro atoms. The Morgan fingerprint density at radius 2 is 1.33 bits per heavy atom. The predicted octanol–water partition coefficient (Wildman–Crippen LogP) is 4.33. The molecule has 0 fully saturated rings. The van der Waals surface area contributed by atoms with Crippen molar-refractivity contribution in [2.24, 2.45) is 0 Å². The molecule has 2 aromatic carbocycles. The van der Waals surface area contributed by atoms with Crippen molar-refractivity contribution in [1.82, 2.24) is 0 Å². The standard InChI is InChI=1S/C24H33O2.Na/c1-2-3-4-5-6-7-8-9-10-12-17-22-18-15-16-21-24(22)26-25-23-19-13-11-14-20-23;/h11,13-16,18-19,21H,2-10,12,17H2,1H3;/q-1;+1. The van der Waals surface area contributed by atoms with Crippen molar-refractivity contribution in [3.8, 4) is 11.5 Å². The molecule has 0 bridgehead atoms. The van der Waals surface area contributed by atoms with E-state index in [4.69, 9.17) is 9.78 Å². The molecule has 0 saturated carbocycles. The van der Waals surface area contributed by atoms with Crippen molar-refractivity contribution in [2.75, 3.05) is 0 Å². The SMILES string of the molecule is CCCCCCCCCCCCc1ccccc1OOc1[c-]cccc1.[Na+]. The molecule has 27 heavy (non-hydrogen) atoms. The average Bonchev–Trinajstić information content (AvgIpc) is 2.69. The zero-order valence-corrected chi connectivity index (χ0v) is 19.2. The summed E-state index contributed by atoms with van der Waals surface area (Å²) in [4.78, 5) is 10.9. The second kappa shape index (κ2) is 16.0. The van der Waals surface area contributed by atoms with Crippen molar-refractivity contribution in [3.63, 3.8) is 0 Å². The van der Waals surface area contributed by atoms with Crippen molar-refractivity contribution in [2.45, 2.75) is 77.6 Å². The number of aryl methyl sites for hydroxylation is 1. The van der Waals surface area contributed by atoms with E-state index < -0.39 is 0 Å². The third-order valence-electron chi connectivity index (χ3n) is 4.67. The predicted molar refractivity (Wildman–Crippen MR) is 109 cm³/mol. The third kappa shape index (κ3) is 10.8. The molecule has 0 amide bonds. The molecule has 2 nitrogen and oxygen atoms in total. The van der Waals surface area contributed by atoms with Crippen LogP contribution >= 0.6 is 0 Å². The zero-order valence-electron chi connectivity index (χ0n) is 17.2. The minimum Gasteiger partial charge on any atom is -0.317 e. The van der Waals surface area contributed by atoms with Crippen molar-refractivity contribution >= 4 is 0 Å². The summed E-state index contributed by atoms with van der Waals surface area (Å²) in [5.74, 6) is 1.40. The van der Waals surface area contributed by atoms with Crippen molar-refractivity contribution in [3.05, 3.63) is 60.2 Å². The molecule has 3 heteroatoms. The number of hydrogen-bond acceptors (Lipinski definition) is 2. The van der Waals surface area contributed by atoms with Gasteiger partial charge in [-0.2, -0.15) is 18.2 Å². The van der Waals surface area contributed by atoms with Gasteiger partial charge in [-0.05, 0) is 24.5 Å². The summed E-state index contributed by atoms with van der Waals surface area (Å²) in [7, 11) is 0. The van der Waals surface area contributed by atoms with E-state index in [1.54, 1.807) is 0 Å². The van der Waals surface area contributed by atoms with Crippen molar-refractivity contribution < 1.29 is 39.3 Å². The van der Waals surface area contributed by atoms with Crippen LogP contribution in [-0.2, 0) is 6.42 Å². The van der Waals surface area contributed by atoms with Crippen LogP contribution in [-0.4, -0.2) is 0 Å². The average molecular weight is 377 g/mol. The van der Waals surface area contributed by atoms with Crippen molar-refractivity contribution in [1.29, 1.82) is 0 Å². The molecule has 0 aliphatic rings. The van der Waals surface area contributed by atoms with Gasteiger partial charge in [-0.3, -0.25) is 4.89 Å². The third-order valence-corrected chi connectivity index (χ3v) is 4.67. The molecule has 0 unspecified atom stereocenters. The van der Waals surface area contributed by atoms with Gasteiger partial charge in [0.1, 0.15) is 0 Å². The van der Waals surface area contributed by atoms with Crippen LogP contribution < -0.4 is 39.3 Å². The summed E-state index contributed by atoms with van der Waals surface area (Å²) < 4.78 is 0. The summed E-state index contributed by atoms with van der Waals surface area (Å²) in [6, 6.07) is 18.6. The molecule has 0 heterocycles. The first kappa shape index (κ1) is 24.1. The van der Waals surface area contributed by atoms with Gasteiger partial charge in [0.15, 0.2) is 5.75 Å². The Bertz CT molecular complexity index is 586. The minimum atomic E-state index is 0. The van der Waals surface area contributed by atoms with Crippen LogP contribution in [0.5, 0.6) is 11.5 Å². The number of benzene rings is 2. The summed E-state index contributed by atoms with van der Waals surface area (Å²) >= 11 is 0. The van der Waals surface area contributed by atoms with Gasteiger partial charge in [0, 0.05) is 0 Å². The fraction of sp³-hybridized carbons (Fsp3) is 0.500. The van der Waals surface area contributed by atoms with Gasteiger partial charge in [-0.1, -0.05) is 82.9 Å². The van der Waals surface area contributed by atoms with Crippen LogP contribution in [0.15, 0.2) is 48.5 Å². The maximum Gasteiger partial charge on any atom is 1.00 e. The van der Waals surface area contributed by atoms with Crippen LogP contribution in [0.1, 0.15) is 76.7 Å². The van der Waals surface area contributed by atoms with Crippen LogP contribution in [0, 0.1) is 6.07 Å². The molecular formula is C24H33NaO2. The van der Waals surface area contributed by atoms with Gasteiger partial charge in [0.2, 0.25) is 0 Å². The van der Waals surface area contributed by atoms with Crippen LogP contribution in [0.2, 0.25) is 0 Å². The van der Waals surface area contributed by atoms with Gasteiger partial charge >= 0.3 is 29.6 Å². The molecule has 2 rings (SSSR count). The fourth-order valence-corrected chi connectivity index (χ4v) is 3.11. The van der Waals surface area contributed by atoms with Gasteiger partial charge in [0.25, 0.3) is 0 Å². The van der Waals surface area contributed by atoms with Gasteiger partial charge in [-0.15, -0.1) is 12.1 Å². The molecule has 142 valence electrons. The molecule has 0 aromatic heterocycles. The molecular weight excluding hydrogens is 343 g/mol. The quantitative estimate of drug-likeness (QED) is 0.161. The largest absolute Gasteiger partial charge is 1.00 e. The second-order valence-corrected chi connectivity index (χ2v) is 6.93. The smallest absolute Gasteiger partial charge is 0.317 e. The van der Waals surface area contributed by atoms with E-state index in [1.807, 2.05) is 36.4 Å². The van der Waals surface area contributed by atoms with Crippen LogP contribution in [0.25, 0.3) is 0 Å². The van der Waals surface area contributed by atoms with E-state index in [-0.39, 0.29) is 29.6 Å². The molecule has 2 aromatic rings. The van der Waals surface area contributed by atoms with E-state index in [2.05, 4.69) is 25.1 Å². The van der Waals surface area contributed by atoms with Gasteiger partial charge in [0.05, 0.1) is 5.75 Å². The molecule has 0 radical (unpaired) electrons. The molecule has 0 aliphatic carbocycles. The summed E-state index contributed by atoms with van der Waals surface area (Å²) in [6.45, 7) is 2.27. The maximum atomic E-state index is 5.53. The first-order chi connectivity index (χ1) is 12.9. The Balaban J connectivity index is 0.00000364. The van der Waals surface area contributed by atoms with Crippen LogP contribution in [0.4, 0.5) is 0 Å². The Labute approximate surface area is 187 Å². The maximum absolute atomic E-state index is 5.53. The Morgan fingerprint density at radius 1 is 0.704 bits per heavy atom. The Kier molecular flexibility index (Phi) is 14.3. The number of para-hydroxylation sites is 2. The van der Waals surface area contributed by atoms with E-state index in [9.17, 15) is 0 Å². The normalized spacial score (nSPS) is 10.3. The molecule has 0 atom stereocenters. The minimum absolute atomic E-state index is 0. The summed E-state index contributed by atoms with van der Waals surface area (Å²) in [6.07, 6.45) is 14.6. The molecule has 0 aliphatic heterocycles. The summed E-state index contributed by atoms with van der Waals surface area (Å²) in [5, 5.41) is 0. The van der Waals surface area contributed by atoms with E-state index >= 15 is 0 Å². The molecule has 0 saturated heterocycles. The van der Waals surface area contributed by atoms with E-state index in [0.29, 0.717) is 5.75 Å².